The predicted molar refractivity (Wildman–Crippen MR) is 72.7 cm³/mol. The molecule has 0 spiro atoms. The highest BCUT2D eigenvalue weighted by Crippen LogP contribution is 2.31. The predicted octanol–water partition coefficient (Wildman–Crippen LogP) is 4.10. The second-order valence-corrected chi connectivity index (χ2v) is 5.56. The molecular weight excluding hydrogens is 311 g/mol. The van der Waals surface area contributed by atoms with Crippen molar-refractivity contribution in [1.29, 1.82) is 0 Å². The van der Waals surface area contributed by atoms with Gasteiger partial charge in [0.2, 0.25) is 0 Å². The normalized spacial score (nSPS) is 21.2. The van der Waals surface area contributed by atoms with Gasteiger partial charge in [-0.3, -0.25) is 0 Å². The third kappa shape index (κ3) is 2.63. The molecule has 2 rings (SSSR count). The van der Waals surface area contributed by atoms with Gasteiger partial charge in [-0.05, 0) is 41.3 Å². The van der Waals surface area contributed by atoms with Gasteiger partial charge in [0.1, 0.15) is 5.82 Å². The smallest absolute Gasteiger partial charge is 0.143 e. The maximum absolute atomic E-state index is 6.00. The van der Waals surface area contributed by atoms with E-state index in [2.05, 4.69) is 25.8 Å². The molecule has 16 heavy (non-hydrogen) atoms. The quantitative estimate of drug-likeness (QED) is 0.762. The Balaban J connectivity index is 2.27. The van der Waals surface area contributed by atoms with E-state index in [-0.39, 0.29) is 0 Å². The van der Waals surface area contributed by atoms with Gasteiger partial charge < -0.3 is 4.90 Å². The van der Waals surface area contributed by atoms with Crippen LogP contribution in [0.2, 0.25) is 5.02 Å². The van der Waals surface area contributed by atoms with E-state index in [1.54, 1.807) is 6.20 Å². The summed E-state index contributed by atoms with van der Waals surface area (Å²) < 4.78 is 0.942. The van der Waals surface area contributed by atoms with Crippen LogP contribution in [0.4, 0.5) is 5.82 Å². The molecule has 0 aromatic carbocycles. The number of pyridine rings is 1. The molecule has 0 aliphatic carbocycles. The zero-order valence-corrected chi connectivity index (χ0v) is 11.9. The van der Waals surface area contributed by atoms with E-state index in [0.29, 0.717) is 16.9 Å². The third-order valence-corrected chi connectivity index (χ3v) is 4.01. The highest BCUT2D eigenvalue weighted by Gasteiger charge is 2.24. The molecular formula is C11H13BrCl2N2. The lowest BCUT2D eigenvalue weighted by Crippen LogP contribution is -2.41. The van der Waals surface area contributed by atoms with Crippen LogP contribution in [0.1, 0.15) is 19.3 Å². The van der Waals surface area contributed by atoms with E-state index in [9.17, 15) is 0 Å². The number of nitrogens with zero attached hydrogens (tertiary/aromatic N) is 2. The minimum atomic E-state index is 0.389. The Morgan fingerprint density at radius 2 is 2.31 bits per heavy atom. The highest BCUT2D eigenvalue weighted by molar-refractivity contribution is 9.10. The summed E-state index contributed by atoms with van der Waals surface area (Å²) in [5, 5.41) is 0.648. The molecule has 0 amide bonds. The molecule has 1 unspecified atom stereocenters. The number of hydrogen-bond donors (Lipinski definition) is 0. The molecule has 2 heterocycles. The number of aromatic nitrogens is 1. The SMILES string of the molecule is ClCC1CCCCN1c1ncc(Cl)cc1Br. The Morgan fingerprint density at radius 3 is 3.00 bits per heavy atom. The van der Waals surface area contributed by atoms with Gasteiger partial charge in [0.05, 0.1) is 9.50 Å². The number of halogens is 3. The van der Waals surface area contributed by atoms with E-state index >= 15 is 0 Å². The van der Waals surface area contributed by atoms with Crippen molar-refractivity contribution < 1.29 is 0 Å². The Morgan fingerprint density at radius 1 is 1.50 bits per heavy atom. The Labute approximate surface area is 114 Å². The molecule has 5 heteroatoms. The summed E-state index contributed by atoms with van der Waals surface area (Å²) >= 11 is 15.4. The molecule has 1 saturated heterocycles. The average molecular weight is 324 g/mol. The standard InChI is InChI=1S/C11H13BrCl2N2/c12-10-5-8(14)7-15-11(10)16-4-2-1-3-9(16)6-13/h5,7,9H,1-4,6H2. The molecule has 0 radical (unpaired) electrons. The van der Waals surface area contributed by atoms with Crippen LogP contribution in [0.25, 0.3) is 0 Å². The van der Waals surface area contributed by atoms with Gasteiger partial charge in [-0.2, -0.15) is 0 Å². The van der Waals surface area contributed by atoms with Crippen molar-refractivity contribution in [3.8, 4) is 0 Å². The molecule has 1 atom stereocenters. The fourth-order valence-electron chi connectivity index (χ4n) is 2.06. The topological polar surface area (TPSA) is 16.1 Å². The van der Waals surface area contributed by atoms with Crippen molar-refractivity contribution in [1.82, 2.24) is 4.98 Å². The second kappa shape index (κ2) is 5.56. The van der Waals surface area contributed by atoms with E-state index < -0.39 is 0 Å². The van der Waals surface area contributed by atoms with Crippen LogP contribution >= 0.6 is 39.1 Å². The van der Waals surface area contributed by atoms with E-state index in [0.717, 1.165) is 23.3 Å². The molecule has 2 nitrogen and oxygen atoms in total. The summed E-state index contributed by atoms with van der Waals surface area (Å²) in [6.07, 6.45) is 5.27. The highest BCUT2D eigenvalue weighted by atomic mass is 79.9. The molecule has 1 fully saturated rings. The first-order valence-corrected chi connectivity index (χ1v) is 7.06. The van der Waals surface area contributed by atoms with Gasteiger partial charge in [-0.15, -0.1) is 11.6 Å². The van der Waals surface area contributed by atoms with E-state index in [1.807, 2.05) is 6.07 Å². The van der Waals surface area contributed by atoms with Crippen molar-refractivity contribution in [3.63, 3.8) is 0 Å². The summed E-state index contributed by atoms with van der Waals surface area (Å²) in [4.78, 5) is 6.66. The van der Waals surface area contributed by atoms with Crippen LogP contribution < -0.4 is 4.90 Å². The summed E-state index contributed by atoms with van der Waals surface area (Å²) in [6.45, 7) is 1.02. The fourth-order valence-corrected chi connectivity index (χ4v) is 3.25. The molecule has 0 N–H and O–H groups in total. The van der Waals surface area contributed by atoms with Crippen LogP contribution in [0, 0.1) is 0 Å². The molecule has 1 aliphatic heterocycles. The monoisotopic (exact) mass is 322 g/mol. The average Bonchev–Trinajstić information content (AvgIpc) is 2.29. The molecule has 1 aliphatic rings. The minimum Gasteiger partial charge on any atom is -0.352 e. The number of rotatable bonds is 2. The molecule has 1 aromatic heterocycles. The van der Waals surface area contributed by atoms with Gasteiger partial charge in [0, 0.05) is 24.7 Å². The van der Waals surface area contributed by atoms with Gasteiger partial charge in [0.25, 0.3) is 0 Å². The van der Waals surface area contributed by atoms with Gasteiger partial charge in [0.15, 0.2) is 0 Å². The zero-order chi connectivity index (χ0) is 11.5. The fraction of sp³-hybridized carbons (Fsp3) is 0.545. The van der Waals surface area contributed by atoms with E-state index in [1.165, 1.54) is 12.8 Å². The van der Waals surface area contributed by atoms with E-state index in [4.69, 9.17) is 23.2 Å². The first-order chi connectivity index (χ1) is 7.72. The zero-order valence-electron chi connectivity index (χ0n) is 8.80. The summed E-state index contributed by atoms with van der Waals surface area (Å²) in [5.41, 5.74) is 0. The third-order valence-electron chi connectivity index (χ3n) is 2.87. The summed E-state index contributed by atoms with van der Waals surface area (Å²) in [7, 11) is 0. The summed E-state index contributed by atoms with van der Waals surface area (Å²) in [6, 6.07) is 2.27. The second-order valence-electron chi connectivity index (χ2n) is 3.96. The van der Waals surface area contributed by atoms with Gasteiger partial charge >= 0.3 is 0 Å². The lowest BCUT2D eigenvalue weighted by Gasteiger charge is -2.36. The maximum Gasteiger partial charge on any atom is 0.143 e. The van der Waals surface area contributed by atoms with Crippen molar-refractivity contribution in [2.45, 2.75) is 25.3 Å². The van der Waals surface area contributed by atoms with Crippen molar-refractivity contribution in [2.24, 2.45) is 0 Å². The van der Waals surface area contributed by atoms with Crippen LogP contribution in [0.15, 0.2) is 16.7 Å². The van der Waals surface area contributed by atoms with Gasteiger partial charge in [-0.1, -0.05) is 11.6 Å². The van der Waals surface area contributed by atoms with Gasteiger partial charge in [-0.25, -0.2) is 4.98 Å². The molecule has 88 valence electrons. The Bertz CT molecular complexity index is 373. The van der Waals surface area contributed by atoms with Crippen molar-refractivity contribution in [2.75, 3.05) is 17.3 Å². The van der Waals surface area contributed by atoms with Crippen molar-refractivity contribution in [3.05, 3.63) is 21.8 Å². The van der Waals surface area contributed by atoms with Crippen LogP contribution in [-0.4, -0.2) is 23.5 Å². The first-order valence-electron chi connectivity index (χ1n) is 5.36. The number of piperidine rings is 1. The minimum absolute atomic E-state index is 0.389. The molecule has 1 aromatic rings. The molecule has 0 bridgehead atoms. The largest absolute Gasteiger partial charge is 0.352 e. The first kappa shape index (κ1) is 12.5. The Kier molecular flexibility index (Phi) is 4.34. The van der Waals surface area contributed by atoms with Crippen molar-refractivity contribution >= 4 is 44.9 Å². The molecule has 0 saturated carbocycles. The number of alkyl halides is 1. The maximum atomic E-state index is 6.00. The lowest BCUT2D eigenvalue weighted by molar-refractivity contribution is 0.484. The van der Waals surface area contributed by atoms with Crippen LogP contribution in [-0.2, 0) is 0 Å². The van der Waals surface area contributed by atoms with Crippen LogP contribution in [0.3, 0.4) is 0 Å². The number of anilines is 1. The number of hydrogen-bond acceptors (Lipinski definition) is 2. The lowest BCUT2D eigenvalue weighted by atomic mass is 10.0. The van der Waals surface area contributed by atoms with Crippen LogP contribution in [0.5, 0.6) is 0 Å². The Hall–Kier alpha value is 0.01000. The summed E-state index contributed by atoms with van der Waals surface area (Å²) in [5.74, 6) is 1.60.